The summed E-state index contributed by atoms with van der Waals surface area (Å²) in [6, 6.07) is 9.69. The summed E-state index contributed by atoms with van der Waals surface area (Å²) in [7, 11) is 0. The Bertz CT molecular complexity index is 679. The summed E-state index contributed by atoms with van der Waals surface area (Å²) in [4.78, 5) is 12.4. The number of benzene rings is 2. The van der Waals surface area contributed by atoms with Gasteiger partial charge in [0.2, 0.25) is 0 Å². The van der Waals surface area contributed by atoms with Gasteiger partial charge in [-0.1, -0.05) is 12.1 Å². The van der Waals surface area contributed by atoms with Crippen molar-refractivity contribution >= 4 is 5.78 Å². The molecule has 2 aromatic carbocycles. The Kier molecular flexibility index (Phi) is 3.14. The zero-order valence-corrected chi connectivity index (χ0v) is 11.0. The normalized spacial score (nSPS) is 13.1. The van der Waals surface area contributed by atoms with Crippen molar-refractivity contribution in [3.8, 4) is 11.5 Å². The van der Waals surface area contributed by atoms with Gasteiger partial charge in [0.05, 0.1) is 5.56 Å². The molecule has 2 aromatic rings. The van der Waals surface area contributed by atoms with Crippen LogP contribution in [0.4, 0.5) is 4.39 Å². The lowest BCUT2D eigenvalue weighted by Gasteiger charge is -2.18. The molecule has 1 aliphatic rings. The van der Waals surface area contributed by atoms with Gasteiger partial charge in [-0.05, 0) is 36.8 Å². The highest BCUT2D eigenvalue weighted by atomic mass is 19.1. The summed E-state index contributed by atoms with van der Waals surface area (Å²) in [6.07, 6.45) is 0. The summed E-state index contributed by atoms with van der Waals surface area (Å²) < 4.78 is 24.8. The first-order valence-electron chi connectivity index (χ1n) is 6.36. The fourth-order valence-electron chi connectivity index (χ4n) is 2.16. The molecule has 0 fully saturated rings. The molecule has 20 heavy (non-hydrogen) atoms. The molecule has 3 rings (SSSR count). The molecule has 0 aromatic heterocycles. The minimum Gasteiger partial charge on any atom is -0.486 e. The molecule has 0 atom stereocenters. The van der Waals surface area contributed by atoms with E-state index in [4.69, 9.17) is 9.47 Å². The molecule has 0 bridgehead atoms. The topological polar surface area (TPSA) is 35.5 Å². The van der Waals surface area contributed by atoms with E-state index in [0.717, 1.165) is 0 Å². The van der Waals surface area contributed by atoms with Crippen LogP contribution in [0.2, 0.25) is 0 Å². The third kappa shape index (κ3) is 2.13. The maximum absolute atomic E-state index is 14.0. The Hall–Kier alpha value is -2.36. The summed E-state index contributed by atoms with van der Waals surface area (Å²) >= 11 is 0. The van der Waals surface area contributed by atoms with Gasteiger partial charge in [-0.2, -0.15) is 0 Å². The molecule has 3 nitrogen and oxygen atoms in total. The molecule has 0 saturated carbocycles. The summed E-state index contributed by atoms with van der Waals surface area (Å²) in [5.74, 6) is 0.295. The fourth-order valence-corrected chi connectivity index (χ4v) is 2.16. The Morgan fingerprint density at radius 3 is 2.65 bits per heavy atom. The molecule has 0 saturated heterocycles. The van der Waals surface area contributed by atoms with Gasteiger partial charge in [0.15, 0.2) is 17.3 Å². The van der Waals surface area contributed by atoms with Crippen LogP contribution >= 0.6 is 0 Å². The monoisotopic (exact) mass is 272 g/mol. The number of fused-ring (bicyclic) bond motifs is 1. The first-order valence-corrected chi connectivity index (χ1v) is 6.36. The van der Waals surface area contributed by atoms with Crippen LogP contribution in [0, 0.1) is 12.7 Å². The van der Waals surface area contributed by atoms with E-state index in [0.29, 0.717) is 35.8 Å². The molecule has 1 heterocycles. The number of halogens is 1. The van der Waals surface area contributed by atoms with Crippen LogP contribution in [-0.4, -0.2) is 19.0 Å². The minimum atomic E-state index is -0.479. The van der Waals surface area contributed by atoms with Crippen LogP contribution in [0.5, 0.6) is 11.5 Å². The van der Waals surface area contributed by atoms with Crippen LogP contribution in [0.25, 0.3) is 0 Å². The van der Waals surface area contributed by atoms with Crippen LogP contribution in [0.1, 0.15) is 21.5 Å². The summed E-state index contributed by atoms with van der Waals surface area (Å²) in [5, 5.41) is 0. The fraction of sp³-hybridized carbons (Fsp3) is 0.188. The predicted octanol–water partition coefficient (Wildman–Crippen LogP) is 3.14. The van der Waals surface area contributed by atoms with Crippen molar-refractivity contribution in [3.05, 3.63) is 58.9 Å². The predicted molar refractivity (Wildman–Crippen MR) is 72.0 cm³/mol. The van der Waals surface area contributed by atoms with E-state index < -0.39 is 5.82 Å². The number of carbonyl (C=O) groups excluding carboxylic acids is 1. The first kappa shape index (κ1) is 12.7. The van der Waals surface area contributed by atoms with Gasteiger partial charge in [-0.3, -0.25) is 4.79 Å². The molecule has 0 N–H and O–H groups in total. The quantitative estimate of drug-likeness (QED) is 0.788. The Labute approximate surface area is 115 Å². The lowest BCUT2D eigenvalue weighted by molar-refractivity contribution is 0.103. The number of rotatable bonds is 2. The van der Waals surface area contributed by atoms with E-state index in [1.165, 1.54) is 6.07 Å². The van der Waals surface area contributed by atoms with Gasteiger partial charge in [0, 0.05) is 5.56 Å². The SMILES string of the molecule is Cc1cccc(C(=O)c2ccc3c(c2)OCCO3)c1F. The molecular formula is C16H13FO3. The second-order valence-electron chi connectivity index (χ2n) is 4.62. The number of carbonyl (C=O) groups is 1. The molecule has 0 aliphatic carbocycles. The Balaban J connectivity index is 2.00. The number of ether oxygens (including phenoxy) is 2. The Morgan fingerprint density at radius 1 is 1.10 bits per heavy atom. The van der Waals surface area contributed by atoms with Crippen molar-refractivity contribution in [3.63, 3.8) is 0 Å². The molecule has 0 unspecified atom stereocenters. The highest BCUT2D eigenvalue weighted by molar-refractivity contribution is 6.09. The Morgan fingerprint density at radius 2 is 1.85 bits per heavy atom. The summed E-state index contributed by atoms with van der Waals surface area (Å²) in [5.41, 5.74) is 0.911. The molecule has 102 valence electrons. The van der Waals surface area contributed by atoms with Crippen molar-refractivity contribution in [2.75, 3.05) is 13.2 Å². The third-order valence-corrected chi connectivity index (χ3v) is 3.24. The zero-order valence-electron chi connectivity index (χ0n) is 11.0. The van der Waals surface area contributed by atoms with E-state index in [-0.39, 0.29) is 11.3 Å². The van der Waals surface area contributed by atoms with Gasteiger partial charge >= 0.3 is 0 Å². The minimum absolute atomic E-state index is 0.0710. The molecule has 0 spiro atoms. The first-order chi connectivity index (χ1) is 9.66. The van der Waals surface area contributed by atoms with Crippen molar-refractivity contribution in [2.24, 2.45) is 0 Å². The molecule has 1 aliphatic heterocycles. The zero-order chi connectivity index (χ0) is 14.1. The van der Waals surface area contributed by atoms with Gasteiger partial charge in [-0.15, -0.1) is 0 Å². The lowest BCUT2D eigenvalue weighted by Crippen LogP contribution is -2.16. The molecule has 4 heteroatoms. The third-order valence-electron chi connectivity index (χ3n) is 3.24. The van der Waals surface area contributed by atoms with E-state index in [1.807, 2.05) is 0 Å². The maximum atomic E-state index is 14.0. The smallest absolute Gasteiger partial charge is 0.196 e. The van der Waals surface area contributed by atoms with Crippen molar-refractivity contribution in [1.29, 1.82) is 0 Å². The number of hydrogen-bond donors (Lipinski definition) is 0. The number of ketones is 1. The van der Waals surface area contributed by atoms with Crippen molar-refractivity contribution < 1.29 is 18.7 Å². The second-order valence-corrected chi connectivity index (χ2v) is 4.62. The largest absolute Gasteiger partial charge is 0.486 e. The molecule has 0 radical (unpaired) electrons. The van der Waals surface area contributed by atoms with Crippen molar-refractivity contribution in [2.45, 2.75) is 6.92 Å². The van der Waals surface area contributed by atoms with Gasteiger partial charge in [0.25, 0.3) is 0 Å². The average Bonchev–Trinajstić information content (AvgIpc) is 2.49. The standard InChI is InChI=1S/C16H13FO3/c1-10-3-2-4-12(15(10)17)16(18)11-5-6-13-14(9-11)20-8-7-19-13/h2-6,9H,7-8H2,1H3. The van der Waals surface area contributed by atoms with Crippen LogP contribution in [-0.2, 0) is 0 Å². The van der Waals surface area contributed by atoms with E-state index in [9.17, 15) is 9.18 Å². The van der Waals surface area contributed by atoms with E-state index in [2.05, 4.69) is 0 Å². The number of hydrogen-bond acceptors (Lipinski definition) is 3. The van der Waals surface area contributed by atoms with Gasteiger partial charge < -0.3 is 9.47 Å². The maximum Gasteiger partial charge on any atom is 0.196 e. The number of aryl methyl sites for hydroxylation is 1. The van der Waals surface area contributed by atoms with Crippen LogP contribution in [0.15, 0.2) is 36.4 Å². The van der Waals surface area contributed by atoms with Crippen LogP contribution in [0.3, 0.4) is 0 Å². The van der Waals surface area contributed by atoms with Gasteiger partial charge in [-0.25, -0.2) is 4.39 Å². The van der Waals surface area contributed by atoms with E-state index >= 15 is 0 Å². The summed E-state index contributed by atoms with van der Waals surface area (Å²) in [6.45, 7) is 2.58. The highest BCUT2D eigenvalue weighted by Gasteiger charge is 2.18. The highest BCUT2D eigenvalue weighted by Crippen LogP contribution is 2.31. The van der Waals surface area contributed by atoms with Gasteiger partial charge in [0.1, 0.15) is 19.0 Å². The second kappa shape index (κ2) is 4.96. The molecule has 0 amide bonds. The lowest BCUT2D eigenvalue weighted by atomic mass is 10.0. The van der Waals surface area contributed by atoms with Crippen molar-refractivity contribution in [1.82, 2.24) is 0 Å². The molecular weight excluding hydrogens is 259 g/mol. The van der Waals surface area contributed by atoms with E-state index in [1.54, 1.807) is 37.3 Å². The average molecular weight is 272 g/mol. The van der Waals surface area contributed by atoms with Crippen LogP contribution < -0.4 is 9.47 Å².